The Morgan fingerprint density at radius 2 is 1.00 bits per heavy atom. The Morgan fingerprint density at radius 3 is 1.47 bits per heavy atom. The van der Waals surface area contributed by atoms with Gasteiger partial charge in [0.25, 0.3) is 0 Å². The number of ether oxygens (including phenoxy) is 1. The highest BCUT2D eigenvalue weighted by Crippen LogP contribution is 2.28. The number of rotatable bonds is 34. The average molecular weight is 1300 g/mol. The first-order chi connectivity index (χ1) is 43.7. The summed E-state index contributed by atoms with van der Waals surface area (Å²) in [4.78, 5) is 191. The van der Waals surface area contributed by atoms with Gasteiger partial charge in [0.05, 0.1) is 12.8 Å². The van der Waals surface area contributed by atoms with Gasteiger partial charge in [0, 0.05) is 68.3 Å². The largest absolute Gasteiger partial charge is 0.480 e. The summed E-state index contributed by atoms with van der Waals surface area (Å²) in [6.45, 7) is 13.8. The lowest BCUT2D eigenvalue weighted by atomic mass is 9.92. The first-order valence-corrected chi connectivity index (χ1v) is 31.9. The monoisotopic (exact) mass is 1300 g/mol. The van der Waals surface area contributed by atoms with E-state index in [2.05, 4.69) is 16.0 Å². The Morgan fingerprint density at radius 1 is 0.548 bits per heavy atom. The molecule has 8 N–H and O–H groups in total. The Kier molecular flexibility index (Phi) is 29.4. The molecule has 2 saturated heterocycles. The van der Waals surface area contributed by atoms with Crippen molar-refractivity contribution in [2.75, 3.05) is 62.0 Å². The number of nitrogens with two attached hydrogens (primary N) is 2. The second-order valence-electron chi connectivity index (χ2n) is 25.7. The Bertz CT molecular complexity index is 2970. The number of hydrogen-bond donors (Lipinski definition) is 6. The van der Waals surface area contributed by atoms with Gasteiger partial charge in [0.2, 0.25) is 70.9 Å². The summed E-state index contributed by atoms with van der Waals surface area (Å²) in [6, 6.07) is 4.45. The van der Waals surface area contributed by atoms with Crippen LogP contribution in [-0.4, -0.2) is 239 Å². The predicted octanol–water partition coefficient (Wildman–Crippen LogP) is 0.929. The molecule has 27 nitrogen and oxygen atoms in total. The molecule has 0 unspecified atom stereocenters. The number of likely N-dealkylation sites (N-methyl/N-ethyl adjacent to an activating group) is 5. The van der Waals surface area contributed by atoms with Crippen molar-refractivity contribution >= 4 is 76.9 Å². The maximum Gasteiger partial charge on any atom is 0.326 e. The Balaban J connectivity index is 1.64. The van der Waals surface area contributed by atoms with Crippen LogP contribution in [0.4, 0.5) is 0 Å². The number of benzene rings is 2. The van der Waals surface area contributed by atoms with Gasteiger partial charge < -0.3 is 71.6 Å². The minimum Gasteiger partial charge on any atom is -0.480 e. The van der Waals surface area contributed by atoms with Crippen LogP contribution in [0.25, 0.3) is 0 Å². The number of carbonyl (C=O) groups is 13. The fourth-order valence-electron chi connectivity index (χ4n) is 12.5. The molecule has 2 heterocycles. The van der Waals surface area contributed by atoms with Crippen molar-refractivity contribution < 1.29 is 72.2 Å². The van der Waals surface area contributed by atoms with E-state index in [1.54, 1.807) is 116 Å². The normalized spacial score (nSPS) is 17.6. The molecule has 12 amide bonds. The maximum atomic E-state index is 15.2. The van der Waals surface area contributed by atoms with Crippen LogP contribution < -0.4 is 27.4 Å². The molecule has 0 aliphatic carbocycles. The summed E-state index contributed by atoms with van der Waals surface area (Å²) in [5.74, 6) is -12.6. The molecule has 11 atom stereocenters. The summed E-state index contributed by atoms with van der Waals surface area (Å²) < 4.78 is 5.00. The number of hydrogen-bond acceptors (Lipinski definition) is 14. The van der Waals surface area contributed by atoms with Crippen LogP contribution in [0.15, 0.2) is 60.7 Å². The zero-order valence-electron chi connectivity index (χ0n) is 56.5. The van der Waals surface area contributed by atoms with E-state index >= 15 is 14.4 Å². The predicted molar refractivity (Wildman–Crippen MR) is 344 cm³/mol. The van der Waals surface area contributed by atoms with Crippen molar-refractivity contribution in [3.63, 3.8) is 0 Å². The van der Waals surface area contributed by atoms with E-state index in [0.29, 0.717) is 30.4 Å². The highest BCUT2D eigenvalue weighted by molar-refractivity contribution is 6.00. The number of primary amides is 2. The number of likely N-dealkylation sites (tertiary alicyclic amines) is 2. The molecule has 514 valence electrons. The topological polar surface area (TPSA) is 362 Å². The number of carboxylic acid groups (broad SMARTS) is 1. The third-order valence-corrected chi connectivity index (χ3v) is 17.6. The van der Waals surface area contributed by atoms with Crippen LogP contribution in [0.1, 0.15) is 118 Å². The van der Waals surface area contributed by atoms with Crippen LogP contribution in [0.2, 0.25) is 0 Å². The van der Waals surface area contributed by atoms with Gasteiger partial charge in [-0.1, -0.05) is 122 Å². The van der Waals surface area contributed by atoms with E-state index in [1.807, 2.05) is 0 Å². The van der Waals surface area contributed by atoms with E-state index in [-0.39, 0.29) is 57.7 Å². The Hall–Kier alpha value is -8.49. The molecule has 0 spiro atoms. The van der Waals surface area contributed by atoms with E-state index in [9.17, 15) is 53.1 Å². The van der Waals surface area contributed by atoms with Crippen molar-refractivity contribution in [2.45, 2.75) is 180 Å². The number of carbonyl (C=O) groups excluding carboxylic acids is 12. The van der Waals surface area contributed by atoms with Crippen LogP contribution in [0, 0.1) is 23.7 Å². The lowest BCUT2D eigenvalue weighted by Crippen LogP contribution is -2.63. The highest BCUT2D eigenvalue weighted by Gasteiger charge is 2.47. The third-order valence-electron chi connectivity index (χ3n) is 17.6. The molecule has 93 heavy (non-hydrogen) atoms. The van der Waals surface area contributed by atoms with Gasteiger partial charge in [-0.3, -0.25) is 57.5 Å². The molecule has 0 saturated carbocycles. The standard InChI is InChI=1S/C66H100N12O15/c1-15-41(8)56(76(13)61(86)50(36-52(68)80)73(10)64(89)54(39(4)5)74(11)59(84)45(69-53(81)37-93-14)33-42-24-18-16-19-25-42)65(90)75(12)55(40(6)7)63(88)72(9)49(32-38(2)3)58(83)70-44(35-51(67)79)57(82)71-46(34-43-26-20-17-21-27-43)60(85)77-30-22-28-47(77)62(87)78-31-23-29-48(78)66(91)92/h16-21,24-27,38-41,44-50,54-56H,15,22-23,28-37H2,1-14H3,(H2,67,79)(H2,68,80)(H,69,81)(H,70,83)(H,71,82)(H,91,92)/t41-,44-,45-,46-,47-,48-,49-,50-,54-,55-,56-/m0/s1. The molecule has 2 aromatic carbocycles. The first-order valence-electron chi connectivity index (χ1n) is 31.9. The molecule has 2 aliphatic heterocycles. The number of methoxy groups -OCH3 is 1. The molecule has 0 bridgehead atoms. The van der Waals surface area contributed by atoms with Crippen molar-refractivity contribution in [3.8, 4) is 0 Å². The number of nitrogens with one attached hydrogen (secondary N) is 3. The van der Waals surface area contributed by atoms with Crippen molar-refractivity contribution in [1.29, 1.82) is 0 Å². The molecule has 2 aliphatic rings. The van der Waals surface area contributed by atoms with Crippen molar-refractivity contribution in [1.82, 2.24) is 50.2 Å². The number of aliphatic carboxylic acids is 1. The molecule has 27 heteroatoms. The number of nitrogens with zero attached hydrogens (tertiary/aromatic N) is 7. The minimum absolute atomic E-state index is 0.00175. The molecule has 0 aromatic heterocycles. The lowest BCUT2D eigenvalue weighted by Gasteiger charge is -2.42. The summed E-state index contributed by atoms with van der Waals surface area (Å²) in [5, 5.41) is 17.9. The Labute approximate surface area is 546 Å². The van der Waals surface area contributed by atoms with Crippen molar-refractivity contribution in [2.24, 2.45) is 35.1 Å². The zero-order chi connectivity index (χ0) is 69.9. The van der Waals surface area contributed by atoms with E-state index in [1.165, 1.54) is 61.9 Å². The average Bonchev–Trinajstić information content (AvgIpc) is 1.72. The van der Waals surface area contributed by atoms with E-state index < -0.39 is 168 Å². The van der Waals surface area contributed by atoms with Crippen LogP contribution in [0.5, 0.6) is 0 Å². The van der Waals surface area contributed by atoms with Gasteiger partial charge in [-0.25, -0.2) is 4.79 Å². The molecular formula is C66H100N12O15. The lowest BCUT2D eigenvalue weighted by molar-refractivity contribution is -0.158. The molecule has 2 fully saturated rings. The van der Waals surface area contributed by atoms with Gasteiger partial charge in [-0.15, -0.1) is 0 Å². The van der Waals surface area contributed by atoms with E-state index in [4.69, 9.17) is 16.2 Å². The van der Waals surface area contributed by atoms with Gasteiger partial charge in [-0.05, 0) is 66.9 Å². The van der Waals surface area contributed by atoms with Gasteiger partial charge in [0.1, 0.15) is 67.0 Å². The van der Waals surface area contributed by atoms with Gasteiger partial charge in [0.15, 0.2) is 0 Å². The van der Waals surface area contributed by atoms with Crippen LogP contribution in [-0.2, 0) is 79.9 Å². The summed E-state index contributed by atoms with van der Waals surface area (Å²) in [7, 11) is 8.08. The van der Waals surface area contributed by atoms with Gasteiger partial charge >= 0.3 is 5.97 Å². The minimum atomic E-state index is -1.70. The fourth-order valence-corrected chi connectivity index (χ4v) is 12.5. The molecule has 4 rings (SSSR count). The van der Waals surface area contributed by atoms with Crippen molar-refractivity contribution in [3.05, 3.63) is 71.8 Å². The summed E-state index contributed by atoms with van der Waals surface area (Å²) in [6.07, 6.45) is 0.260. The second-order valence-corrected chi connectivity index (χ2v) is 25.7. The number of carboxylic acids is 1. The summed E-state index contributed by atoms with van der Waals surface area (Å²) >= 11 is 0. The quantitative estimate of drug-likeness (QED) is 0.0568. The first kappa shape index (κ1) is 77.0. The third kappa shape index (κ3) is 20.5. The summed E-state index contributed by atoms with van der Waals surface area (Å²) in [5.41, 5.74) is 12.8. The van der Waals surface area contributed by atoms with E-state index in [0.717, 1.165) is 14.7 Å². The highest BCUT2D eigenvalue weighted by atomic mass is 16.5. The molecule has 0 radical (unpaired) electrons. The molecule has 2 aromatic rings. The maximum absolute atomic E-state index is 15.2. The van der Waals surface area contributed by atoms with Crippen LogP contribution >= 0.6 is 0 Å². The molecular weight excluding hydrogens is 1200 g/mol. The zero-order valence-corrected chi connectivity index (χ0v) is 56.5. The smallest absolute Gasteiger partial charge is 0.326 e. The van der Waals surface area contributed by atoms with Crippen LogP contribution in [0.3, 0.4) is 0 Å². The second kappa shape index (κ2) is 35.5. The van der Waals surface area contributed by atoms with Gasteiger partial charge in [-0.2, -0.15) is 0 Å². The SMILES string of the molecule is CC[C@H](C)[C@@H](C(=O)N(C)[C@H](C(=O)N(C)[C@@H](CC(C)C)C(=O)N[C@@H](CC(N)=O)C(=O)N[C@@H](Cc1ccccc1)C(=O)N1CCC[C@H]1C(=O)N1CCC[C@H]1C(=O)O)C(C)C)N(C)C(=O)[C@H](CC(N)=O)N(C)C(=O)[C@H](C(C)C)N(C)C(=O)[C@H](Cc1ccccc1)NC(=O)COC. The number of amides is 12. The fraction of sp³-hybridized carbons (Fsp3) is 0.621.